The van der Waals surface area contributed by atoms with Crippen LogP contribution in [0.4, 0.5) is 10.1 Å². The van der Waals surface area contributed by atoms with Gasteiger partial charge in [0.2, 0.25) is 0 Å². The van der Waals surface area contributed by atoms with Gasteiger partial charge in [0.25, 0.3) is 0 Å². The van der Waals surface area contributed by atoms with Crippen LogP contribution >= 0.6 is 0 Å². The van der Waals surface area contributed by atoms with Gasteiger partial charge in [-0.3, -0.25) is 14.0 Å². The van der Waals surface area contributed by atoms with E-state index in [-0.39, 0.29) is 23.3 Å². The third-order valence-electron chi connectivity index (χ3n) is 6.14. The number of hydrogen-bond acceptors (Lipinski definition) is 7. The van der Waals surface area contributed by atoms with Crippen LogP contribution in [-0.2, 0) is 20.0 Å². The summed E-state index contributed by atoms with van der Waals surface area (Å²) in [5.74, 6) is -1.03. The zero-order chi connectivity index (χ0) is 24.7. The first-order valence-corrected chi connectivity index (χ1v) is 12.1. The summed E-state index contributed by atoms with van der Waals surface area (Å²) >= 11 is 0. The second-order valence-electron chi connectivity index (χ2n) is 9.50. The van der Waals surface area contributed by atoms with E-state index in [2.05, 4.69) is 14.5 Å². The number of aromatic nitrogens is 2. The van der Waals surface area contributed by atoms with Gasteiger partial charge in [-0.1, -0.05) is 0 Å². The quantitative estimate of drug-likeness (QED) is 0.515. The normalized spacial score (nSPS) is 23.6. The SMILES string of the molecule is Cc1c(C(=O)c2cnccc2N[C@@H]2C[C@H](COS(N)(=O)=O)[C@@H](O)[C@@H]2F)cn(C(C)(C)C)c1C. The number of nitrogens with one attached hydrogen (secondary N) is 1. The Kier molecular flexibility index (Phi) is 6.99. The Morgan fingerprint density at radius 1 is 1.36 bits per heavy atom. The third-order valence-corrected chi connectivity index (χ3v) is 6.60. The number of ketones is 1. The molecule has 182 valence electrons. The van der Waals surface area contributed by atoms with Crippen LogP contribution in [-0.4, -0.2) is 53.8 Å². The minimum atomic E-state index is -4.20. The molecule has 4 N–H and O–H groups in total. The Hall–Kier alpha value is -2.34. The van der Waals surface area contributed by atoms with Crippen LogP contribution in [0.1, 0.15) is 54.4 Å². The summed E-state index contributed by atoms with van der Waals surface area (Å²) in [4.78, 5) is 17.5. The van der Waals surface area contributed by atoms with Crippen molar-refractivity contribution in [3.05, 3.63) is 47.0 Å². The molecule has 0 unspecified atom stereocenters. The number of anilines is 1. The summed E-state index contributed by atoms with van der Waals surface area (Å²) in [7, 11) is -4.20. The van der Waals surface area contributed by atoms with Crippen molar-refractivity contribution < 1.29 is 26.9 Å². The molecular weight excluding hydrogens is 451 g/mol. The number of pyridine rings is 1. The zero-order valence-electron chi connectivity index (χ0n) is 19.4. The molecule has 4 atom stereocenters. The van der Waals surface area contributed by atoms with Crippen LogP contribution in [0.25, 0.3) is 0 Å². The summed E-state index contributed by atoms with van der Waals surface area (Å²) < 4.78 is 43.4. The van der Waals surface area contributed by atoms with Crippen LogP contribution < -0.4 is 10.5 Å². The molecule has 11 heteroatoms. The molecule has 1 fully saturated rings. The maximum absolute atomic E-state index is 14.8. The molecule has 1 saturated carbocycles. The molecule has 0 saturated heterocycles. The lowest BCUT2D eigenvalue weighted by Gasteiger charge is -2.23. The first-order chi connectivity index (χ1) is 15.2. The largest absolute Gasteiger partial charge is 0.390 e. The van der Waals surface area contributed by atoms with Gasteiger partial charge in [-0.15, -0.1) is 0 Å². The average Bonchev–Trinajstić information content (AvgIpc) is 3.16. The van der Waals surface area contributed by atoms with Crippen LogP contribution in [0.3, 0.4) is 0 Å². The number of nitrogens with two attached hydrogens (primary N) is 1. The van der Waals surface area contributed by atoms with Gasteiger partial charge in [0.1, 0.15) is 6.17 Å². The fraction of sp³-hybridized carbons (Fsp3) is 0.545. The Bertz CT molecular complexity index is 1140. The van der Waals surface area contributed by atoms with Crippen molar-refractivity contribution in [3.8, 4) is 0 Å². The Morgan fingerprint density at radius 3 is 2.61 bits per heavy atom. The number of aliphatic hydroxyl groups excluding tert-OH is 1. The second-order valence-corrected chi connectivity index (χ2v) is 10.7. The molecule has 2 heterocycles. The third kappa shape index (κ3) is 5.43. The molecule has 0 aliphatic heterocycles. The highest BCUT2D eigenvalue weighted by molar-refractivity contribution is 7.84. The molecule has 0 radical (unpaired) electrons. The van der Waals surface area contributed by atoms with E-state index in [0.29, 0.717) is 11.3 Å². The summed E-state index contributed by atoms with van der Waals surface area (Å²) in [6.07, 6.45) is 1.69. The molecule has 2 aromatic heterocycles. The Balaban J connectivity index is 1.85. The summed E-state index contributed by atoms with van der Waals surface area (Å²) in [5, 5.41) is 18.0. The van der Waals surface area contributed by atoms with E-state index in [9.17, 15) is 22.7 Å². The average molecular weight is 483 g/mol. The number of nitrogens with zero attached hydrogens (tertiary/aromatic N) is 2. The van der Waals surface area contributed by atoms with E-state index >= 15 is 0 Å². The van der Waals surface area contributed by atoms with Gasteiger partial charge in [-0.05, 0) is 52.7 Å². The molecule has 33 heavy (non-hydrogen) atoms. The van der Waals surface area contributed by atoms with Crippen molar-refractivity contribution in [3.63, 3.8) is 0 Å². The first-order valence-electron chi connectivity index (χ1n) is 10.6. The highest BCUT2D eigenvalue weighted by Crippen LogP contribution is 2.33. The van der Waals surface area contributed by atoms with Crippen LogP contribution in [0.2, 0.25) is 0 Å². The Morgan fingerprint density at radius 2 is 2.03 bits per heavy atom. The lowest BCUT2D eigenvalue weighted by Crippen LogP contribution is -2.32. The van der Waals surface area contributed by atoms with Gasteiger partial charge in [0.05, 0.1) is 24.3 Å². The molecule has 3 rings (SSSR count). The number of carbonyl (C=O) groups is 1. The minimum Gasteiger partial charge on any atom is -0.390 e. The van der Waals surface area contributed by atoms with Crippen LogP contribution in [0.15, 0.2) is 24.7 Å². The maximum atomic E-state index is 14.8. The monoisotopic (exact) mass is 482 g/mol. The summed E-state index contributed by atoms with van der Waals surface area (Å²) in [5.41, 5.74) is 2.80. The van der Waals surface area contributed by atoms with Gasteiger partial charge >= 0.3 is 10.3 Å². The van der Waals surface area contributed by atoms with E-state index in [1.165, 1.54) is 12.4 Å². The standard InChI is InChI=1S/C22H31FN4O5S/c1-12-13(2)27(22(3,4)5)10-16(12)21(29)15-9-25-7-6-17(15)26-18-8-14(20(28)19(18)23)11-32-33(24,30)31/h6-7,9-10,14,18-20,28H,8,11H2,1-5H3,(H,25,26)(H2,24,30,31)/t14-,18-,19-,20-/m1/s1. The molecule has 2 aromatic rings. The molecule has 0 aromatic carbocycles. The van der Waals surface area contributed by atoms with Crippen molar-refractivity contribution in [1.29, 1.82) is 0 Å². The van der Waals surface area contributed by atoms with E-state index in [1.807, 2.05) is 45.4 Å². The number of hydrogen-bond donors (Lipinski definition) is 3. The highest BCUT2D eigenvalue weighted by Gasteiger charge is 2.43. The maximum Gasteiger partial charge on any atom is 0.333 e. The molecule has 9 nitrogen and oxygen atoms in total. The van der Waals surface area contributed by atoms with E-state index in [0.717, 1.165) is 11.3 Å². The molecular formula is C22H31FN4O5S. The van der Waals surface area contributed by atoms with Crippen LogP contribution in [0, 0.1) is 19.8 Å². The lowest BCUT2D eigenvalue weighted by molar-refractivity contribution is 0.0501. The fourth-order valence-corrected chi connectivity index (χ4v) is 4.62. The van der Waals surface area contributed by atoms with Crippen molar-refractivity contribution >= 4 is 21.8 Å². The predicted molar refractivity (Wildman–Crippen MR) is 122 cm³/mol. The first kappa shape index (κ1) is 25.3. The zero-order valence-corrected chi connectivity index (χ0v) is 20.2. The fourth-order valence-electron chi connectivity index (χ4n) is 4.25. The summed E-state index contributed by atoms with van der Waals surface area (Å²) in [6.45, 7) is 9.56. The predicted octanol–water partition coefficient (Wildman–Crippen LogP) is 2.21. The smallest absolute Gasteiger partial charge is 0.333 e. The lowest BCUT2D eigenvalue weighted by atomic mass is 10.0. The minimum absolute atomic E-state index is 0.0896. The highest BCUT2D eigenvalue weighted by atomic mass is 32.2. The molecule has 0 spiro atoms. The van der Waals surface area contributed by atoms with Crippen molar-refractivity contribution in [2.75, 3.05) is 11.9 Å². The van der Waals surface area contributed by atoms with E-state index in [4.69, 9.17) is 5.14 Å². The van der Waals surface area contributed by atoms with Gasteiger partial charge in [-0.25, -0.2) is 9.53 Å². The van der Waals surface area contributed by atoms with Crippen molar-refractivity contribution in [2.45, 2.75) is 64.9 Å². The number of alkyl halides is 1. The molecule has 0 bridgehead atoms. The van der Waals surface area contributed by atoms with Crippen molar-refractivity contribution in [2.24, 2.45) is 11.1 Å². The van der Waals surface area contributed by atoms with Gasteiger partial charge < -0.3 is 15.0 Å². The Labute approximate surface area is 193 Å². The molecule has 1 aliphatic carbocycles. The van der Waals surface area contributed by atoms with Gasteiger partial charge in [0.15, 0.2) is 5.78 Å². The topological polar surface area (TPSA) is 137 Å². The van der Waals surface area contributed by atoms with Gasteiger partial charge in [-0.2, -0.15) is 8.42 Å². The summed E-state index contributed by atoms with van der Waals surface area (Å²) in [6, 6.07) is 0.716. The molecule has 0 amide bonds. The van der Waals surface area contributed by atoms with E-state index < -0.39 is 41.1 Å². The molecule has 1 aliphatic rings. The number of rotatable bonds is 7. The van der Waals surface area contributed by atoms with E-state index in [1.54, 1.807) is 6.07 Å². The number of aliphatic hydroxyl groups is 1. The van der Waals surface area contributed by atoms with Crippen LogP contribution in [0.5, 0.6) is 0 Å². The van der Waals surface area contributed by atoms with Crippen molar-refractivity contribution in [1.82, 2.24) is 9.55 Å². The number of halogens is 1. The number of carbonyl (C=O) groups excluding carboxylic acids is 1. The second kappa shape index (κ2) is 9.13. The van der Waals surface area contributed by atoms with Gasteiger partial charge in [0, 0.05) is 47.0 Å².